The Bertz CT molecular complexity index is 80.6. The molecule has 1 unspecified atom stereocenters. The van der Waals surface area contributed by atoms with Gasteiger partial charge in [0.25, 0.3) is 0 Å². The lowest BCUT2D eigenvalue weighted by Crippen LogP contribution is -1.74. The molecule has 9 heavy (non-hydrogen) atoms. The largest absolute Gasteiger partial charge is 0.125 e. The molecule has 0 aromatic heterocycles. The van der Waals surface area contributed by atoms with Crippen LogP contribution in [0.5, 0.6) is 0 Å². The van der Waals surface area contributed by atoms with Gasteiger partial charge in [0.15, 0.2) is 0 Å². The summed E-state index contributed by atoms with van der Waals surface area (Å²) in [6, 6.07) is 0. The lowest BCUT2D eigenvalue weighted by molar-refractivity contribution is 0.958. The van der Waals surface area contributed by atoms with Gasteiger partial charge < -0.3 is 0 Å². The summed E-state index contributed by atoms with van der Waals surface area (Å²) in [7, 11) is 1.13. The maximum absolute atomic E-state index is 2.32. The molecule has 0 spiro atoms. The number of unbranched alkanes of at least 4 members (excludes halogenated alkanes) is 1. The third-order valence-electron chi connectivity index (χ3n) is 1.18. The fraction of sp³-hybridized carbons (Fsp3) is 0.750. The minimum atomic E-state index is 1.13. The summed E-state index contributed by atoms with van der Waals surface area (Å²) >= 11 is 0. The van der Waals surface area contributed by atoms with Crippen LogP contribution in [-0.4, -0.2) is 12.8 Å². The van der Waals surface area contributed by atoms with E-state index in [0.717, 1.165) is 8.58 Å². The highest BCUT2D eigenvalue weighted by atomic mass is 31.1. The van der Waals surface area contributed by atoms with Gasteiger partial charge >= 0.3 is 0 Å². The van der Waals surface area contributed by atoms with E-state index in [4.69, 9.17) is 0 Å². The molecule has 0 aliphatic carbocycles. The summed E-state index contributed by atoms with van der Waals surface area (Å²) in [5.74, 6) is 0. The molecule has 0 heterocycles. The van der Waals surface area contributed by atoms with Crippen molar-refractivity contribution in [1.82, 2.24) is 0 Å². The van der Waals surface area contributed by atoms with E-state index in [1.807, 2.05) is 0 Å². The molecule has 0 aliphatic heterocycles. The van der Waals surface area contributed by atoms with Crippen LogP contribution in [-0.2, 0) is 0 Å². The molecule has 1 atom stereocenters. The highest BCUT2D eigenvalue weighted by Crippen LogP contribution is 2.07. The quantitative estimate of drug-likeness (QED) is 0.323. The van der Waals surface area contributed by atoms with Gasteiger partial charge in [-0.05, 0) is 39.5 Å². The number of hydrogen-bond donors (Lipinski definition) is 0. The van der Waals surface area contributed by atoms with Crippen molar-refractivity contribution in [3.8, 4) is 0 Å². The van der Waals surface area contributed by atoms with Crippen LogP contribution >= 0.6 is 8.58 Å². The summed E-state index contributed by atoms with van der Waals surface area (Å²) in [5.41, 5.74) is 1.45. The van der Waals surface area contributed by atoms with Crippen molar-refractivity contribution in [1.29, 1.82) is 0 Å². The molecule has 0 aliphatic rings. The highest BCUT2D eigenvalue weighted by molar-refractivity contribution is 7.36. The van der Waals surface area contributed by atoms with E-state index < -0.39 is 0 Å². The summed E-state index contributed by atoms with van der Waals surface area (Å²) < 4.78 is 0. The van der Waals surface area contributed by atoms with Gasteiger partial charge in [-0.15, -0.1) is 8.58 Å². The third-order valence-corrected chi connectivity index (χ3v) is 2.04. The first-order valence-electron chi connectivity index (χ1n) is 3.55. The van der Waals surface area contributed by atoms with Gasteiger partial charge in [-0.2, -0.15) is 0 Å². The number of hydrogen-bond acceptors (Lipinski definition) is 0. The van der Waals surface area contributed by atoms with Crippen LogP contribution in [0.1, 0.15) is 26.7 Å². The molecule has 0 nitrogen and oxygen atoms in total. The molecule has 0 N–H and O–H groups in total. The predicted molar refractivity (Wildman–Crippen MR) is 47.8 cm³/mol. The van der Waals surface area contributed by atoms with Crippen LogP contribution < -0.4 is 0 Å². The van der Waals surface area contributed by atoms with Crippen LogP contribution in [0.25, 0.3) is 0 Å². The van der Waals surface area contributed by atoms with Gasteiger partial charge in [-0.3, -0.25) is 0 Å². The summed E-state index contributed by atoms with van der Waals surface area (Å²) in [6.07, 6.45) is 6.38. The Hall–Kier alpha value is 0.170. The third kappa shape index (κ3) is 8.17. The van der Waals surface area contributed by atoms with E-state index in [0.29, 0.717) is 0 Å². The van der Waals surface area contributed by atoms with E-state index in [-0.39, 0.29) is 0 Å². The van der Waals surface area contributed by atoms with E-state index in [2.05, 4.69) is 26.6 Å². The Kier molecular flexibility index (Phi) is 6.41. The smallest absolute Gasteiger partial charge is 0.0345 e. The van der Waals surface area contributed by atoms with Gasteiger partial charge in [0, 0.05) is 0 Å². The molecule has 0 amide bonds. The molecule has 0 rings (SSSR count). The lowest BCUT2D eigenvalue weighted by Gasteiger charge is -1.92. The van der Waals surface area contributed by atoms with Crippen molar-refractivity contribution in [2.75, 3.05) is 12.8 Å². The highest BCUT2D eigenvalue weighted by Gasteiger charge is 1.81. The molecule has 1 heteroatoms. The van der Waals surface area contributed by atoms with Crippen LogP contribution in [0.4, 0.5) is 0 Å². The molecule has 0 aromatic rings. The van der Waals surface area contributed by atoms with Crippen molar-refractivity contribution in [3.63, 3.8) is 0 Å². The Labute approximate surface area is 60.5 Å². The standard InChI is InChI=1S/C8H17P/c1-8(2)6-4-5-7-9-3/h6,9H,4-5,7H2,1-3H3. The average molecular weight is 144 g/mol. The molecule has 54 valence electrons. The second kappa shape index (κ2) is 6.29. The minimum Gasteiger partial charge on any atom is -0.125 e. The molecule has 0 saturated heterocycles. The van der Waals surface area contributed by atoms with E-state index in [1.54, 1.807) is 0 Å². The van der Waals surface area contributed by atoms with Crippen molar-refractivity contribution in [3.05, 3.63) is 11.6 Å². The Morgan fingerprint density at radius 2 is 2.11 bits per heavy atom. The normalized spacial score (nSPS) is 10.6. The summed E-state index contributed by atoms with van der Waals surface area (Å²) in [5, 5.41) is 0. The van der Waals surface area contributed by atoms with Crippen LogP contribution in [0.2, 0.25) is 0 Å². The molecule has 0 radical (unpaired) electrons. The zero-order valence-electron chi connectivity index (χ0n) is 6.70. The first kappa shape index (κ1) is 9.17. The Morgan fingerprint density at radius 3 is 2.56 bits per heavy atom. The molecular weight excluding hydrogens is 127 g/mol. The molecule has 0 fully saturated rings. The SMILES string of the molecule is CPCCCC=C(C)C. The monoisotopic (exact) mass is 144 g/mol. The van der Waals surface area contributed by atoms with Gasteiger partial charge in [0.2, 0.25) is 0 Å². The van der Waals surface area contributed by atoms with Crippen LogP contribution in [0.15, 0.2) is 11.6 Å². The fourth-order valence-corrected chi connectivity index (χ4v) is 1.23. The van der Waals surface area contributed by atoms with Gasteiger partial charge in [-0.1, -0.05) is 11.6 Å². The fourth-order valence-electron chi connectivity index (χ4n) is 0.670. The second-order valence-electron chi connectivity index (χ2n) is 2.53. The summed E-state index contributed by atoms with van der Waals surface area (Å²) in [4.78, 5) is 0. The Balaban J connectivity index is 3.00. The van der Waals surface area contributed by atoms with Gasteiger partial charge in [-0.25, -0.2) is 0 Å². The zero-order valence-corrected chi connectivity index (χ0v) is 7.70. The van der Waals surface area contributed by atoms with Gasteiger partial charge in [0.05, 0.1) is 0 Å². The maximum Gasteiger partial charge on any atom is -0.0345 e. The first-order chi connectivity index (χ1) is 4.27. The van der Waals surface area contributed by atoms with Crippen molar-refractivity contribution in [2.45, 2.75) is 26.7 Å². The van der Waals surface area contributed by atoms with Crippen molar-refractivity contribution in [2.24, 2.45) is 0 Å². The van der Waals surface area contributed by atoms with Crippen LogP contribution in [0, 0.1) is 0 Å². The van der Waals surface area contributed by atoms with Gasteiger partial charge in [0.1, 0.15) is 0 Å². The van der Waals surface area contributed by atoms with E-state index >= 15 is 0 Å². The van der Waals surface area contributed by atoms with Crippen molar-refractivity contribution < 1.29 is 0 Å². The number of allylic oxidation sites excluding steroid dienone is 2. The summed E-state index contributed by atoms with van der Waals surface area (Å²) in [6.45, 7) is 6.59. The first-order valence-corrected chi connectivity index (χ1v) is 5.26. The minimum absolute atomic E-state index is 1.13. The average Bonchev–Trinajstić information content (AvgIpc) is 1.80. The maximum atomic E-state index is 2.32. The van der Waals surface area contributed by atoms with E-state index in [9.17, 15) is 0 Å². The molecule has 0 saturated carbocycles. The predicted octanol–water partition coefficient (Wildman–Crippen LogP) is 3.04. The zero-order chi connectivity index (χ0) is 7.11. The molecule has 0 aromatic carbocycles. The lowest BCUT2D eigenvalue weighted by atomic mass is 10.2. The van der Waals surface area contributed by atoms with Crippen LogP contribution in [0.3, 0.4) is 0 Å². The number of rotatable bonds is 4. The topological polar surface area (TPSA) is 0 Å². The molecule has 0 bridgehead atoms. The van der Waals surface area contributed by atoms with Crippen molar-refractivity contribution >= 4 is 8.58 Å². The Morgan fingerprint density at radius 1 is 1.44 bits per heavy atom. The molecular formula is C8H17P. The second-order valence-corrected chi connectivity index (χ2v) is 3.73. The van der Waals surface area contributed by atoms with E-state index in [1.165, 1.54) is 24.6 Å².